The van der Waals surface area contributed by atoms with Crippen LogP contribution >= 0.6 is 0 Å². The molecule has 6 nitrogen and oxygen atoms in total. The minimum atomic E-state index is -0.163. The first-order valence-electron chi connectivity index (χ1n) is 16.9. The lowest BCUT2D eigenvalue weighted by Gasteiger charge is -2.51. The second-order valence-corrected chi connectivity index (χ2v) is 13.5. The van der Waals surface area contributed by atoms with Crippen molar-refractivity contribution >= 4 is 11.7 Å². The van der Waals surface area contributed by atoms with Crippen molar-refractivity contribution in [2.24, 2.45) is 17.8 Å². The van der Waals surface area contributed by atoms with E-state index in [1.165, 1.54) is 5.56 Å². The Kier molecular flexibility index (Phi) is 9.41. The van der Waals surface area contributed by atoms with Crippen LogP contribution in [0.15, 0.2) is 60.9 Å². The molecule has 44 heavy (non-hydrogen) atoms. The molecule has 3 aliphatic rings. The number of aromatic nitrogens is 2. The van der Waals surface area contributed by atoms with E-state index < -0.39 is 0 Å². The molecule has 3 fully saturated rings. The predicted molar refractivity (Wildman–Crippen MR) is 173 cm³/mol. The number of hydrogen-bond donors (Lipinski definition) is 0. The molecule has 6 rings (SSSR count). The number of hydrogen-bond acceptors (Lipinski definition) is 5. The van der Waals surface area contributed by atoms with Crippen LogP contribution in [0.3, 0.4) is 0 Å². The standard InChI is InChI=1S/C37H49FN4O2/c1-4-35-39-18-21-41(35)26-37(29-10-7-6-8-11-29,31-12-9-13-34(31)44-36(43)5-2)30-16-19-40(20-17-30)23-28-24-42(25-28)33-15-14-27(3)22-32(33)38/h6-8,10-11,14-15,18,21-22,28,30-31,34H,4-5,9,12-13,16-17,19-20,23-26H2,1-3H3/t31-,34-,37+/m0/s1. The highest BCUT2D eigenvalue weighted by atomic mass is 19.1. The molecule has 0 radical (unpaired) electrons. The molecule has 0 unspecified atom stereocenters. The Hall–Kier alpha value is -3.19. The predicted octanol–water partition coefficient (Wildman–Crippen LogP) is 6.80. The van der Waals surface area contributed by atoms with Gasteiger partial charge in [-0.15, -0.1) is 0 Å². The van der Waals surface area contributed by atoms with Crippen LogP contribution in [-0.2, 0) is 27.9 Å². The third-order valence-corrected chi connectivity index (χ3v) is 10.8. The van der Waals surface area contributed by atoms with Crippen LogP contribution in [0.1, 0.15) is 69.3 Å². The summed E-state index contributed by atoms with van der Waals surface area (Å²) in [4.78, 5) is 22.2. The number of piperidine rings is 1. The summed E-state index contributed by atoms with van der Waals surface area (Å²) in [5.41, 5.74) is 2.90. The van der Waals surface area contributed by atoms with Crippen LogP contribution in [-0.4, -0.2) is 59.2 Å². The van der Waals surface area contributed by atoms with Crippen molar-refractivity contribution in [3.63, 3.8) is 0 Å². The number of likely N-dealkylation sites (tertiary alicyclic amines) is 1. The molecule has 3 atom stereocenters. The number of imidazole rings is 1. The maximum absolute atomic E-state index is 14.5. The number of ether oxygens (including phenoxy) is 1. The van der Waals surface area contributed by atoms with Crippen molar-refractivity contribution in [3.05, 3.63) is 83.7 Å². The normalized spacial score (nSPS) is 23.0. The van der Waals surface area contributed by atoms with Gasteiger partial charge in [0.15, 0.2) is 0 Å². The van der Waals surface area contributed by atoms with Gasteiger partial charge in [0, 0.05) is 68.7 Å². The molecule has 0 spiro atoms. The Labute approximate surface area is 262 Å². The molecule has 0 bridgehead atoms. The molecule has 1 saturated carbocycles. The first-order chi connectivity index (χ1) is 21.4. The second kappa shape index (κ2) is 13.4. The monoisotopic (exact) mass is 600 g/mol. The Bertz CT molecular complexity index is 1400. The van der Waals surface area contributed by atoms with Crippen LogP contribution in [0.2, 0.25) is 0 Å². The Morgan fingerprint density at radius 1 is 1.05 bits per heavy atom. The number of carbonyl (C=O) groups excluding carboxylic acids is 1. The summed E-state index contributed by atoms with van der Waals surface area (Å²) < 4.78 is 23.1. The van der Waals surface area contributed by atoms with Gasteiger partial charge in [0.25, 0.3) is 0 Å². The number of aryl methyl sites for hydroxylation is 2. The number of carbonyl (C=O) groups is 1. The van der Waals surface area contributed by atoms with Crippen LogP contribution in [0.4, 0.5) is 10.1 Å². The zero-order valence-electron chi connectivity index (χ0n) is 26.8. The number of halogens is 1. The first kappa shape index (κ1) is 30.8. The SMILES string of the molecule is CCC(=O)O[C@H]1CCC[C@@H]1[C@](Cn1ccnc1CC)(c1ccccc1)C1CCN(CC2CN(c3ccc(C)cc3F)C2)CC1. The number of anilines is 1. The van der Waals surface area contributed by atoms with Gasteiger partial charge in [-0.25, -0.2) is 9.37 Å². The highest BCUT2D eigenvalue weighted by Gasteiger charge is 2.53. The topological polar surface area (TPSA) is 50.6 Å². The smallest absolute Gasteiger partial charge is 0.305 e. The van der Waals surface area contributed by atoms with Crippen molar-refractivity contribution in [2.45, 2.75) is 83.8 Å². The van der Waals surface area contributed by atoms with Gasteiger partial charge in [-0.1, -0.05) is 50.2 Å². The summed E-state index contributed by atoms with van der Waals surface area (Å²) in [5, 5.41) is 0. The Balaban J connectivity index is 1.22. The first-order valence-corrected chi connectivity index (χ1v) is 16.9. The van der Waals surface area contributed by atoms with Crippen molar-refractivity contribution < 1.29 is 13.9 Å². The molecular weight excluding hydrogens is 551 g/mol. The van der Waals surface area contributed by atoms with Gasteiger partial charge >= 0.3 is 5.97 Å². The van der Waals surface area contributed by atoms with Crippen molar-refractivity contribution in [2.75, 3.05) is 37.6 Å². The van der Waals surface area contributed by atoms with E-state index in [1.54, 1.807) is 6.07 Å². The Morgan fingerprint density at radius 3 is 2.52 bits per heavy atom. The molecule has 2 aliphatic heterocycles. The van der Waals surface area contributed by atoms with Gasteiger partial charge in [-0.3, -0.25) is 4.79 Å². The zero-order valence-corrected chi connectivity index (χ0v) is 26.8. The fraction of sp³-hybridized carbons (Fsp3) is 0.568. The average molecular weight is 601 g/mol. The lowest BCUT2D eigenvalue weighted by Crippen LogP contribution is -2.55. The summed E-state index contributed by atoms with van der Waals surface area (Å²) in [6.45, 7) is 11.9. The second-order valence-electron chi connectivity index (χ2n) is 13.5. The molecule has 1 aromatic heterocycles. The molecule has 2 saturated heterocycles. The molecule has 0 N–H and O–H groups in total. The zero-order chi connectivity index (χ0) is 30.7. The van der Waals surface area contributed by atoms with Gasteiger partial charge < -0.3 is 19.1 Å². The Morgan fingerprint density at radius 2 is 1.82 bits per heavy atom. The third-order valence-electron chi connectivity index (χ3n) is 10.8. The summed E-state index contributed by atoms with van der Waals surface area (Å²) in [7, 11) is 0. The third kappa shape index (κ3) is 6.17. The lowest BCUT2D eigenvalue weighted by molar-refractivity contribution is -0.152. The van der Waals surface area contributed by atoms with E-state index in [4.69, 9.17) is 9.72 Å². The van der Waals surface area contributed by atoms with E-state index in [9.17, 15) is 9.18 Å². The van der Waals surface area contributed by atoms with Crippen LogP contribution < -0.4 is 4.90 Å². The summed E-state index contributed by atoms with van der Waals surface area (Å²) >= 11 is 0. The van der Waals surface area contributed by atoms with Gasteiger partial charge in [0.2, 0.25) is 0 Å². The fourth-order valence-corrected chi connectivity index (χ4v) is 8.57. The van der Waals surface area contributed by atoms with Crippen LogP contribution in [0.5, 0.6) is 0 Å². The molecule has 0 amide bonds. The van der Waals surface area contributed by atoms with Crippen molar-refractivity contribution in [1.29, 1.82) is 0 Å². The molecule has 236 valence electrons. The molecule has 2 aromatic carbocycles. The van der Waals surface area contributed by atoms with E-state index in [0.717, 1.165) is 94.9 Å². The molecule has 3 aromatic rings. The maximum Gasteiger partial charge on any atom is 0.305 e. The van der Waals surface area contributed by atoms with Crippen LogP contribution in [0, 0.1) is 30.5 Å². The van der Waals surface area contributed by atoms with Crippen molar-refractivity contribution in [3.8, 4) is 0 Å². The number of esters is 1. The van der Waals surface area contributed by atoms with Crippen molar-refractivity contribution in [1.82, 2.24) is 14.5 Å². The van der Waals surface area contributed by atoms with Gasteiger partial charge in [0.1, 0.15) is 17.7 Å². The number of benzene rings is 2. The lowest BCUT2D eigenvalue weighted by atomic mass is 9.58. The number of nitrogens with zero attached hydrogens (tertiary/aromatic N) is 4. The summed E-state index contributed by atoms with van der Waals surface area (Å²) in [6.07, 6.45) is 10.6. The highest BCUT2D eigenvalue weighted by molar-refractivity contribution is 5.69. The summed E-state index contributed by atoms with van der Waals surface area (Å²) in [6, 6.07) is 16.7. The van der Waals surface area contributed by atoms with E-state index in [0.29, 0.717) is 18.3 Å². The minimum absolute atomic E-state index is 0.0580. The average Bonchev–Trinajstić information content (AvgIpc) is 3.68. The summed E-state index contributed by atoms with van der Waals surface area (Å²) in [5.74, 6) is 2.20. The van der Waals surface area contributed by atoms with E-state index in [2.05, 4.69) is 57.8 Å². The largest absolute Gasteiger partial charge is 0.462 e. The molecular formula is C37H49FN4O2. The van der Waals surface area contributed by atoms with Gasteiger partial charge in [-0.05, 0) is 81.3 Å². The fourth-order valence-electron chi connectivity index (χ4n) is 8.57. The van der Waals surface area contributed by atoms with Gasteiger partial charge in [-0.2, -0.15) is 0 Å². The van der Waals surface area contributed by atoms with Gasteiger partial charge in [0.05, 0.1) is 5.69 Å². The van der Waals surface area contributed by atoms with E-state index in [-0.39, 0.29) is 29.2 Å². The molecule has 3 heterocycles. The molecule has 1 aliphatic carbocycles. The van der Waals surface area contributed by atoms with E-state index in [1.807, 2.05) is 32.2 Å². The minimum Gasteiger partial charge on any atom is -0.462 e. The number of rotatable bonds is 11. The maximum atomic E-state index is 14.5. The van der Waals surface area contributed by atoms with Crippen LogP contribution in [0.25, 0.3) is 0 Å². The highest BCUT2D eigenvalue weighted by Crippen LogP contribution is 2.52. The quantitative estimate of drug-likeness (QED) is 0.227. The van der Waals surface area contributed by atoms with E-state index >= 15 is 0 Å². The molecule has 7 heteroatoms.